The number of nitrogens with zero attached hydrogens (tertiary/aromatic N) is 2. The minimum absolute atomic E-state index is 0.178. The molecule has 3 N–H and O–H groups in total. The van der Waals surface area contributed by atoms with Crippen LogP contribution >= 0.6 is 0 Å². The van der Waals surface area contributed by atoms with E-state index in [1.54, 1.807) is 18.5 Å². The molecule has 0 aliphatic carbocycles. The molecule has 0 bridgehead atoms. The second kappa shape index (κ2) is 6.55. The summed E-state index contributed by atoms with van der Waals surface area (Å²) in [6.07, 6.45) is 8.32. The van der Waals surface area contributed by atoms with Gasteiger partial charge in [0.25, 0.3) is 0 Å². The number of hydrogen-bond acceptors (Lipinski definition) is 4. The van der Waals surface area contributed by atoms with Crippen molar-refractivity contribution < 1.29 is 5.11 Å². The molecular weight excluding hydrogens is 250 g/mol. The molecule has 2 unspecified atom stereocenters. The van der Waals surface area contributed by atoms with Crippen LogP contribution < -0.4 is 5.73 Å². The Morgan fingerprint density at radius 2 is 2.10 bits per heavy atom. The van der Waals surface area contributed by atoms with E-state index in [1.807, 2.05) is 0 Å². The molecule has 112 valence electrons. The van der Waals surface area contributed by atoms with Gasteiger partial charge in [-0.3, -0.25) is 9.88 Å². The fraction of sp³-hybridized carbons (Fsp3) is 0.688. The Bertz CT molecular complexity index is 431. The first-order chi connectivity index (χ1) is 9.58. The molecule has 2 atom stereocenters. The number of aromatic nitrogens is 1. The van der Waals surface area contributed by atoms with Crippen LogP contribution in [0, 0.1) is 0 Å². The molecule has 2 heterocycles. The highest BCUT2D eigenvalue weighted by Crippen LogP contribution is 2.29. The number of aliphatic hydroxyl groups is 1. The lowest BCUT2D eigenvalue weighted by Crippen LogP contribution is -2.56. The Balaban J connectivity index is 2.11. The van der Waals surface area contributed by atoms with E-state index < -0.39 is 6.10 Å². The summed E-state index contributed by atoms with van der Waals surface area (Å²) in [5.41, 5.74) is 7.45. The van der Waals surface area contributed by atoms with Gasteiger partial charge >= 0.3 is 0 Å². The van der Waals surface area contributed by atoms with Gasteiger partial charge in [0.1, 0.15) is 0 Å². The van der Waals surface area contributed by atoms with Crippen LogP contribution in [0.2, 0.25) is 0 Å². The van der Waals surface area contributed by atoms with E-state index in [4.69, 9.17) is 5.73 Å². The van der Waals surface area contributed by atoms with Gasteiger partial charge in [-0.2, -0.15) is 0 Å². The van der Waals surface area contributed by atoms with Crippen LogP contribution in [-0.2, 0) is 6.42 Å². The second-order valence-corrected chi connectivity index (χ2v) is 6.05. The quantitative estimate of drug-likeness (QED) is 0.866. The zero-order valence-electron chi connectivity index (χ0n) is 12.7. The van der Waals surface area contributed by atoms with Crippen molar-refractivity contribution in [2.75, 3.05) is 18.8 Å². The number of rotatable bonds is 5. The minimum Gasteiger partial charge on any atom is -0.398 e. The van der Waals surface area contributed by atoms with Crippen LogP contribution in [0.1, 0.15) is 45.1 Å². The third kappa shape index (κ3) is 3.13. The summed E-state index contributed by atoms with van der Waals surface area (Å²) in [6, 6.07) is 1.80. The van der Waals surface area contributed by atoms with E-state index in [0.717, 1.165) is 30.8 Å². The molecule has 0 amide bonds. The van der Waals surface area contributed by atoms with Crippen LogP contribution in [0.4, 0.5) is 5.69 Å². The van der Waals surface area contributed by atoms with Crippen LogP contribution in [-0.4, -0.2) is 39.7 Å². The smallest absolute Gasteiger partial charge is 0.0762 e. The maximum absolute atomic E-state index is 10.8. The summed E-state index contributed by atoms with van der Waals surface area (Å²) in [6.45, 7) is 6.51. The summed E-state index contributed by atoms with van der Waals surface area (Å²) in [7, 11) is 0. The van der Waals surface area contributed by atoms with Crippen LogP contribution in [0.5, 0.6) is 0 Å². The van der Waals surface area contributed by atoms with E-state index in [-0.39, 0.29) is 5.54 Å². The van der Waals surface area contributed by atoms with E-state index in [0.29, 0.717) is 6.42 Å². The van der Waals surface area contributed by atoms with Crippen molar-refractivity contribution in [1.82, 2.24) is 9.88 Å². The molecule has 0 spiro atoms. The highest BCUT2D eigenvalue weighted by atomic mass is 16.3. The second-order valence-electron chi connectivity index (χ2n) is 6.05. The first kappa shape index (κ1) is 15.3. The monoisotopic (exact) mass is 277 g/mol. The van der Waals surface area contributed by atoms with Crippen LogP contribution in [0.15, 0.2) is 18.5 Å². The van der Waals surface area contributed by atoms with Crippen molar-refractivity contribution in [3.05, 3.63) is 24.0 Å². The average Bonchev–Trinajstić information content (AvgIpc) is 2.49. The molecule has 4 nitrogen and oxygen atoms in total. The average molecular weight is 277 g/mol. The van der Waals surface area contributed by atoms with Crippen molar-refractivity contribution in [2.45, 2.75) is 57.6 Å². The Morgan fingerprint density at radius 1 is 1.40 bits per heavy atom. The highest BCUT2D eigenvalue weighted by Gasteiger charge is 2.37. The first-order valence-electron chi connectivity index (χ1n) is 7.69. The summed E-state index contributed by atoms with van der Waals surface area (Å²) >= 11 is 0. The molecule has 0 saturated carbocycles. The number of piperidine rings is 1. The summed E-state index contributed by atoms with van der Waals surface area (Å²) < 4.78 is 0. The third-order valence-corrected chi connectivity index (χ3v) is 4.87. The molecule has 1 saturated heterocycles. The SMILES string of the molecule is CCC(C)(C(O)Cc1cnccc1N)N1CCCCC1. The van der Waals surface area contributed by atoms with E-state index in [2.05, 4.69) is 23.7 Å². The first-order valence-corrected chi connectivity index (χ1v) is 7.69. The van der Waals surface area contributed by atoms with Crippen LogP contribution in [0.3, 0.4) is 0 Å². The number of aliphatic hydroxyl groups excluding tert-OH is 1. The Labute approximate surface area is 122 Å². The zero-order chi connectivity index (χ0) is 14.6. The van der Waals surface area contributed by atoms with Gasteiger partial charge in [-0.15, -0.1) is 0 Å². The molecule has 1 aliphatic rings. The lowest BCUT2D eigenvalue weighted by atomic mass is 9.84. The maximum atomic E-state index is 10.8. The van der Waals surface area contributed by atoms with Crippen molar-refractivity contribution in [2.24, 2.45) is 0 Å². The number of pyridine rings is 1. The predicted molar refractivity (Wildman–Crippen MR) is 82.5 cm³/mol. The molecule has 1 aromatic rings. The molecule has 0 radical (unpaired) electrons. The fourth-order valence-corrected chi connectivity index (χ4v) is 3.11. The van der Waals surface area contributed by atoms with E-state index >= 15 is 0 Å². The predicted octanol–water partition coefficient (Wildman–Crippen LogP) is 2.22. The normalized spacial score (nSPS) is 21.4. The van der Waals surface area contributed by atoms with Gasteiger partial charge in [-0.05, 0) is 50.9 Å². The van der Waals surface area contributed by atoms with Crippen molar-refractivity contribution in [3.8, 4) is 0 Å². The Morgan fingerprint density at radius 3 is 2.70 bits per heavy atom. The van der Waals surface area contributed by atoms with Gasteiger partial charge in [0.2, 0.25) is 0 Å². The van der Waals surface area contributed by atoms with Crippen molar-refractivity contribution >= 4 is 5.69 Å². The van der Waals surface area contributed by atoms with Gasteiger partial charge in [-0.1, -0.05) is 13.3 Å². The van der Waals surface area contributed by atoms with E-state index in [9.17, 15) is 5.11 Å². The number of nitrogen functional groups attached to an aromatic ring is 1. The maximum Gasteiger partial charge on any atom is 0.0762 e. The molecule has 1 aromatic heterocycles. The zero-order valence-corrected chi connectivity index (χ0v) is 12.7. The Hall–Kier alpha value is -1.13. The van der Waals surface area contributed by atoms with E-state index in [1.165, 1.54) is 19.3 Å². The minimum atomic E-state index is -0.419. The molecule has 20 heavy (non-hydrogen) atoms. The third-order valence-electron chi connectivity index (χ3n) is 4.87. The van der Waals surface area contributed by atoms with Crippen molar-refractivity contribution in [3.63, 3.8) is 0 Å². The number of likely N-dealkylation sites (tertiary alicyclic amines) is 1. The fourth-order valence-electron chi connectivity index (χ4n) is 3.11. The van der Waals surface area contributed by atoms with Crippen molar-refractivity contribution in [1.29, 1.82) is 0 Å². The summed E-state index contributed by atoms with van der Waals surface area (Å²) in [5, 5.41) is 10.8. The van der Waals surface area contributed by atoms with Gasteiger partial charge in [-0.25, -0.2) is 0 Å². The van der Waals surface area contributed by atoms with Gasteiger partial charge < -0.3 is 10.8 Å². The van der Waals surface area contributed by atoms with Gasteiger partial charge in [0.05, 0.1) is 6.10 Å². The lowest BCUT2D eigenvalue weighted by molar-refractivity contribution is -0.0328. The lowest BCUT2D eigenvalue weighted by Gasteiger charge is -2.46. The topological polar surface area (TPSA) is 62.4 Å². The molecule has 1 aliphatic heterocycles. The molecule has 1 fully saturated rings. The number of hydrogen-bond donors (Lipinski definition) is 2. The van der Waals surface area contributed by atoms with Gasteiger partial charge in [0, 0.05) is 30.0 Å². The highest BCUT2D eigenvalue weighted by molar-refractivity contribution is 5.44. The number of nitrogens with two attached hydrogens (primary N) is 1. The van der Waals surface area contributed by atoms with Gasteiger partial charge in [0.15, 0.2) is 0 Å². The summed E-state index contributed by atoms with van der Waals surface area (Å²) in [4.78, 5) is 6.57. The molecule has 2 rings (SSSR count). The van der Waals surface area contributed by atoms with Crippen LogP contribution in [0.25, 0.3) is 0 Å². The summed E-state index contributed by atoms with van der Waals surface area (Å²) in [5.74, 6) is 0. The standard InChI is InChI=1S/C16H27N3O/c1-3-16(2,19-9-5-4-6-10-19)15(20)11-13-12-18-8-7-14(13)17/h7-8,12,15,20H,3-6,9-11H2,1-2H3,(H2,17,18). The number of anilines is 1. The molecule has 4 heteroatoms. The molecular formula is C16H27N3O. The Kier molecular flexibility index (Phi) is 5.00. The molecule has 0 aromatic carbocycles. The largest absolute Gasteiger partial charge is 0.398 e.